The Morgan fingerprint density at radius 3 is 2.58 bits per heavy atom. The molecule has 0 amide bonds. The topological polar surface area (TPSA) is 59.5 Å². The summed E-state index contributed by atoms with van der Waals surface area (Å²) in [4.78, 5) is 14.2. The Labute approximate surface area is 141 Å². The molecule has 3 rings (SSSR count). The standard InChI is InChI=1S/C20H22N2O2/c1-15-7-8-18-17(12-20(23)24-19(18)11-15)14-22(10-9-21)13-16-5-3-2-4-6-16/h2-8,11-12H,9-10,13-14,21H2,1H3. The third kappa shape index (κ3) is 3.91. The van der Waals surface area contributed by atoms with Crippen LogP contribution in [0.3, 0.4) is 0 Å². The van der Waals surface area contributed by atoms with Crippen molar-refractivity contribution in [2.75, 3.05) is 13.1 Å². The minimum absolute atomic E-state index is 0.310. The highest BCUT2D eigenvalue weighted by atomic mass is 16.4. The Bertz CT molecular complexity index is 872. The first kappa shape index (κ1) is 16.4. The summed E-state index contributed by atoms with van der Waals surface area (Å²) in [6.45, 7) is 4.79. The molecule has 0 bridgehead atoms. The van der Waals surface area contributed by atoms with Gasteiger partial charge in [0.15, 0.2) is 0 Å². The van der Waals surface area contributed by atoms with Crippen LogP contribution in [0.1, 0.15) is 16.7 Å². The Morgan fingerprint density at radius 1 is 1.04 bits per heavy atom. The van der Waals surface area contributed by atoms with Crippen LogP contribution in [0.25, 0.3) is 11.0 Å². The van der Waals surface area contributed by atoms with Gasteiger partial charge in [-0.15, -0.1) is 0 Å². The van der Waals surface area contributed by atoms with Gasteiger partial charge in [0.1, 0.15) is 5.58 Å². The molecule has 24 heavy (non-hydrogen) atoms. The molecular weight excluding hydrogens is 300 g/mol. The summed E-state index contributed by atoms with van der Waals surface area (Å²) in [6, 6.07) is 17.8. The van der Waals surface area contributed by atoms with E-state index < -0.39 is 0 Å². The predicted octanol–water partition coefficient (Wildman–Crippen LogP) is 3.06. The van der Waals surface area contributed by atoms with Gasteiger partial charge < -0.3 is 10.2 Å². The molecule has 0 aliphatic carbocycles. The second kappa shape index (κ2) is 7.43. The normalized spacial score (nSPS) is 11.3. The van der Waals surface area contributed by atoms with Crippen LogP contribution < -0.4 is 11.4 Å². The number of aryl methyl sites for hydroxylation is 1. The second-order valence-corrected chi connectivity index (χ2v) is 6.08. The van der Waals surface area contributed by atoms with Crippen molar-refractivity contribution < 1.29 is 4.42 Å². The molecule has 1 aromatic heterocycles. The van der Waals surface area contributed by atoms with E-state index in [2.05, 4.69) is 17.0 Å². The maximum Gasteiger partial charge on any atom is 0.336 e. The van der Waals surface area contributed by atoms with Gasteiger partial charge in [-0.2, -0.15) is 0 Å². The van der Waals surface area contributed by atoms with Gasteiger partial charge in [-0.05, 0) is 29.7 Å². The van der Waals surface area contributed by atoms with E-state index in [0.29, 0.717) is 18.7 Å². The molecule has 124 valence electrons. The highest BCUT2D eigenvalue weighted by molar-refractivity contribution is 5.80. The van der Waals surface area contributed by atoms with Crippen molar-refractivity contribution in [3.8, 4) is 0 Å². The molecule has 0 atom stereocenters. The van der Waals surface area contributed by atoms with E-state index in [4.69, 9.17) is 10.2 Å². The molecule has 3 aromatic rings. The summed E-state index contributed by atoms with van der Waals surface area (Å²) in [6.07, 6.45) is 0. The SMILES string of the molecule is Cc1ccc2c(CN(CCN)Cc3ccccc3)cc(=O)oc2c1. The first-order chi connectivity index (χ1) is 11.7. The van der Waals surface area contributed by atoms with E-state index in [9.17, 15) is 4.79 Å². The molecular formula is C20H22N2O2. The smallest absolute Gasteiger partial charge is 0.336 e. The minimum Gasteiger partial charge on any atom is -0.423 e. The zero-order valence-corrected chi connectivity index (χ0v) is 13.9. The van der Waals surface area contributed by atoms with Crippen LogP contribution in [0.4, 0.5) is 0 Å². The molecule has 4 heteroatoms. The zero-order chi connectivity index (χ0) is 16.9. The second-order valence-electron chi connectivity index (χ2n) is 6.08. The lowest BCUT2D eigenvalue weighted by molar-refractivity contribution is 0.265. The van der Waals surface area contributed by atoms with Crippen molar-refractivity contribution in [2.45, 2.75) is 20.0 Å². The largest absolute Gasteiger partial charge is 0.423 e. The molecule has 0 fully saturated rings. The van der Waals surface area contributed by atoms with E-state index in [0.717, 1.165) is 29.6 Å². The number of benzene rings is 2. The lowest BCUT2D eigenvalue weighted by Crippen LogP contribution is -2.29. The van der Waals surface area contributed by atoms with Gasteiger partial charge in [0.25, 0.3) is 0 Å². The number of fused-ring (bicyclic) bond motifs is 1. The first-order valence-corrected chi connectivity index (χ1v) is 8.15. The highest BCUT2D eigenvalue weighted by Gasteiger charge is 2.11. The van der Waals surface area contributed by atoms with Gasteiger partial charge in [-0.25, -0.2) is 4.79 Å². The van der Waals surface area contributed by atoms with E-state index in [1.807, 2.05) is 43.3 Å². The Balaban J connectivity index is 1.92. The molecule has 0 aliphatic rings. The van der Waals surface area contributed by atoms with E-state index in [-0.39, 0.29) is 5.63 Å². The molecule has 4 nitrogen and oxygen atoms in total. The predicted molar refractivity (Wildman–Crippen MR) is 96.8 cm³/mol. The number of hydrogen-bond donors (Lipinski definition) is 1. The Morgan fingerprint density at radius 2 is 1.83 bits per heavy atom. The van der Waals surface area contributed by atoms with Crippen molar-refractivity contribution in [3.63, 3.8) is 0 Å². The first-order valence-electron chi connectivity index (χ1n) is 8.15. The summed E-state index contributed by atoms with van der Waals surface area (Å²) in [5.41, 5.74) is 9.39. The minimum atomic E-state index is -0.310. The van der Waals surface area contributed by atoms with Gasteiger partial charge >= 0.3 is 5.63 Å². The number of rotatable bonds is 6. The molecule has 1 heterocycles. The van der Waals surface area contributed by atoms with Crippen molar-refractivity contribution >= 4 is 11.0 Å². The monoisotopic (exact) mass is 322 g/mol. The number of hydrogen-bond acceptors (Lipinski definition) is 4. The Kier molecular flexibility index (Phi) is 5.08. The summed E-state index contributed by atoms with van der Waals surface area (Å²) in [7, 11) is 0. The van der Waals surface area contributed by atoms with Crippen LogP contribution in [0.5, 0.6) is 0 Å². The van der Waals surface area contributed by atoms with Crippen molar-refractivity contribution in [2.24, 2.45) is 5.73 Å². The fourth-order valence-electron chi connectivity index (χ4n) is 2.95. The van der Waals surface area contributed by atoms with Gasteiger partial charge in [0, 0.05) is 37.6 Å². The number of nitrogens with two attached hydrogens (primary N) is 1. The van der Waals surface area contributed by atoms with Crippen LogP contribution in [-0.4, -0.2) is 18.0 Å². The van der Waals surface area contributed by atoms with Crippen LogP contribution in [-0.2, 0) is 13.1 Å². The van der Waals surface area contributed by atoms with Gasteiger partial charge in [0.2, 0.25) is 0 Å². The summed E-state index contributed by atoms with van der Waals surface area (Å²) < 4.78 is 5.34. The van der Waals surface area contributed by atoms with Crippen molar-refractivity contribution in [1.29, 1.82) is 0 Å². The molecule has 0 saturated carbocycles. The quantitative estimate of drug-likeness (QED) is 0.709. The third-order valence-corrected chi connectivity index (χ3v) is 4.07. The third-order valence-electron chi connectivity index (χ3n) is 4.07. The van der Waals surface area contributed by atoms with Crippen molar-refractivity contribution in [3.05, 3.63) is 81.7 Å². The maximum atomic E-state index is 11.9. The molecule has 2 aromatic carbocycles. The molecule has 0 unspecified atom stereocenters. The van der Waals surface area contributed by atoms with Gasteiger partial charge in [-0.1, -0.05) is 42.5 Å². The van der Waals surface area contributed by atoms with Crippen LogP contribution in [0.2, 0.25) is 0 Å². The van der Waals surface area contributed by atoms with Crippen molar-refractivity contribution in [1.82, 2.24) is 4.90 Å². The molecule has 0 spiro atoms. The maximum absolute atomic E-state index is 11.9. The Hall–Kier alpha value is -2.43. The fourth-order valence-corrected chi connectivity index (χ4v) is 2.95. The summed E-state index contributed by atoms with van der Waals surface area (Å²) in [5.74, 6) is 0. The lowest BCUT2D eigenvalue weighted by Gasteiger charge is -2.22. The number of nitrogens with zero attached hydrogens (tertiary/aromatic N) is 1. The van der Waals surface area contributed by atoms with Crippen LogP contribution in [0, 0.1) is 6.92 Å². The average Bonchev–Trinajstić information content (AvgIpc) is 2.55. The fraction of sp³-hybridized carbons (Fsp3) is 0.250. The van der Waals surface area contributed by atoms with E-state index in [1.54, 1.807) is 6.07 Å². The zero-order valence-electron chi connectivity index (χ0n) is 13.9. The lowest BCUT2D eigenvalue weighted by atomic mass is 10.1. The van der Waals surface area contributed by atoms with E-state index >= 15 is 0 Å². The molecule has 2 N–H and O–H groups in total. The van der Waals surface area contributed by atoms with Gasteiger partial charge in [0.05, 0.1) is 0 Å². The molecule has 0 radical (unpaired) electrons. The average molecular weight is 322 g/mol. The van der Waals surface area contributed by atoms with Crippen LogP contribution in [0.15, 0.2) is 63.8 Å². The van der Waals surface area contributed by atoms with Crippen LogP contribution >= 0.6 is 0 Å². The molecule has 0 saturated heterocycles. The molecule has 0 aliphatic heterocycles. The van der Waals surface area contributed by atoms with E-state index in [1.165, 1.54) is 5.56 Å². The summed E-state index contributed by atoms with van der Waals surface area (Å²) >= 11 is 0. The highest BCUT2D eigenvalue weighted by Crippen LogP contribution is 2.20. The summed E-state index contributed by atoms with van der Waals surface area (Å²) in [5, 5.41) is 0.982. The van der Waals surface area contributed by atoms with Gasteiger partial charge in [-0.3, -0.25) is 4.90 Å².